The predicted octanol–water partition coefficient (Wildman–Crippen LogP) is 2.95. The highest BCUT2D eigenvalue weighted by Gasteiger charge is 2.06. The van der Waals surface area contributed by atoms with Crippen molar-refractivity contribution in [2.24, 2.45) is 10.9 Å². The third kappa shape index (κ3) is 9.15. The molecule has 0 radical (unpaired) electrons. The number of rotatable bonds is 11. The summed E-state index contributed by atoms with van der Waals surface area (Å²) in [5, 5.41) is 6.53. The Bertz CT molecular complexity index is 723. The number of nitrogens with zero attached hydrogens (tertiary/aromatic N) is 1. The number of benzene rings is 2. The fraction of sp³-hybridized carbons (Fsp3) is 0.409. The molecule has 0 spiro atoms. The minimum atomic E-state index is -0.890. The van der Waals surface area contributed by atoms with E-state index in [0.717, 1.165) is 18.1 Å². The molecule has 0 aliphatic rings. The maximum Gasteiger partial charge on any atom is 0.191 e. The van der Waals surface area contributed by atoms with E-state index in [2.05, 4.69) is 34.7 Å². The van der Waals surface area contributed by atoms with Crippen molar-refractivity contribution in [2.75, 3.05) is 32.5 Å². The number of hydrogen-bond donors (Lipinski definition) is 2. The summed E-state index contributed by atoms with van der Waals surface area (Å²) in [6.45, 7) is 4.84. The Labute approximate surface area is 171 Å². The molecule has 2 aromatic carbocycles. The van der Waals surface area contributed by atoms with Crippen LogP contribution in [0.4, 0.5) is 0 Å². The minimum absolute atomic E-state index is 0.356. The van der Waals surface area contributed by atoms with Crippen LogP contribution < -0.4 is 10.6 Å². The molecule has 0 aromatic heterocycles. The molecule has 0 aliphatic heterocycles. The molecule has 2 unspecified atom stereocenters. The average molecular weight is 402 g/mol. The van der Waals surface area contributed by atoms with Gasteiger partial charge in [0.05, 0.1) is 13.2 Å². The predicted molar refractivity (Wildman–Crippen MR) is 118 cm³/mol. The topological polar surface area (TPSA) is 62.7 Å². The van der Waals surface area contributed by atoms with E-state index < -0.39 is 10.8 Å². The van der Waals surface area contributed by atoms with E-state index in [1.165, 1.54) is 5.56 Å². The van der Waals surface area contributed by atoms with Gasteiger partial charge in [-0.2, -0.15) is 0 Å². The number of aliphatic imine (C=N–C) groups is 1. The Hall–Kier alpha value is -2.18. The van der Waals surface area contributed by atoms with E-state index in [4.69, 9.17) is 4.74 Å². The highest BCUT2D eigenvalue weighted by molar-refractivity contribution is 7.84. The van der Waals surface area contributed by atoms with Crippen molar-refractivity contribution in [3.8, 4) is 0 Å². The van der Waals surface area contributed by atoms with Crippen LogP contribution in [0.3, 0.4) is 0 Å². The molecule has 0 fully saturated rings. The molecule has 6 heteroatoms. The van der Waals surface area contributed by atoms with Crippen LogP contribution in [0.25, 0.3) is 0 Å². The Balaban J connectivity index is 1.58. The van der Waals surface area contributed by atoms with Crippen LogP contribution in [-0.2, 0) is 27.9 Å². The second kappa shape index (κ2) is 13.1. The lowest BCUT2D eigenvalue weighted by Crippen LogP contribution is -2.41. The average Bonchev–Trinajstić information content (AvgIpc) is 2.72. The van der Waals surface area contributed by atoms with Gasteiger partial charge in [0.1, 0.15) is 0 Å². The monoisotopic (exact) mass is 401 g/mol. The normalized spacial score (nSPS) is 13.7. The van der Waals surface area contributed by atoms with E-state index in [1.54, 1.807) is 7.05 Å². The molecular formula is C22H31N3O2S. The second-order valence-electron chi connectivity index (χ2n) is 6.76. The molecule has 2 N–H and O–H groups in total. The summed E-state index contributed by atoms with van der Waals surface area (Å²) < 4.78 is 18.0. The van der Waals surface area contributed by atoms with Crippen molar-refractivity contribution in [1.82, 2.24) is 10.6 Å². The van der Waals surface area contributed by atoms with Crippen LogP contribution in [0, 0.1) is 5.92 Å². The van der Waals surface area contributed by atoms with Gasteiger partial charge < -0.3 is 15.4 Å². The maximum absolute atomic E-state index is 12.2. The summed E-state index contributed by atoms with van der Waals surface area (Å²) in [6, 6.07) is 20.1. The molecule has 0 heterocycles. The Kier molecular flexibility index (Phi) is 10.3. The van der Waals surface area contributed by atoms with Crippen LogP contribution >= 0.6 is 0 Å². The Morgan fingerprint density at radius 2 is 1.68 bits per heavy atom. The van der Waals surface area contributed by atoms with Crippen LogP contribution in [0.5, 0.6) is 0 Å². The third-order valence-electron chi connectivity index (χ3n) is 4.15. The summed E-state index contributed by atoms with van der Waals surface area (Å²) in [5.41, 5.74) is 2.29. The van der Waals surface area contributed by atoms with Crippen molar-refractivity contribution in [1.29, 1.82) is 0 Å². The van der Waals surface area contributed by atoms with Gasteiger partial charge in [-0.05, 0) is 17.0 Å². The zero-order valence-corrected chi connectivity index (χ0v) is 17.6. The van der Waals surface area contributed by atoms with E-state index in [9.17, 15) is 4.21 Å². The van der Waals surface area contributed by atoms with Gasteiger partial charge in [0.2, 0.25) is 0 Å². The highest BCUT2D eigenvalue weighted by atomic mass is 32.2. The smallest absolute Gasteiger partial charge is 0.191 e. The first kappa shape index (κ1) is 22.1. The quantitative estimate of drug-likeness (QED) is 0.449. The maximum atomic E-state index is 12.2. The van der Waals surface area contributed by atoms with Crippen molar-refractivity contribution in [3.05, 3.63) is 71.8 Å². The largest absolute Gasteiger partial charge is 0.376 e. The van der Waals surface area contributed by atoms with Crippen molar-refractivity contribution in [3.63, 3.8) is 0 Å². The number of nitrogens with one attached hydrogen (secondary N) is 2. The van der Waals surface area contributed by atoms with Crippen LogP contribution in [0.1, 0.15) is 18.1 Å². The lowest BCUT2D eigenvalue weighted by atomic mass is 10.2. The van der Waals surface area contributed by atoms with Gasteiger partial charge in [-0.3, -0.25) is 9.20 Å². The minimum Gasteiger partial charge on any atom is -0.376 e. The van der Waals surface area contributed by atoms with Crippen LogP contribution in [-0.4, -0.2) is 42.7 Å². The first-order chi connectivity index (χ1) is 13.7. The SMILES string of the molecule is CN=C(NCCS(=O)Cc1ccccc1)NCC(C)COCc1ccccc1. The second-order valence-corrected chi connectivity index (χ2v) is 8.34. The molecule has 28 heavy (non-hydrogen) atoms. The molecule has 0 aliphatic carbocycles. The fourth-order valence-corrected chi connectivity index (χ4v) is 3.66. The van der Waals surface area contributed by atoms with E-state index in [0.29, 0.717) is 37.2 Å². The molecule has 152 valence electrons. The molecule has 0 bridgehead atoms. The van der Waals surface area contributed by atoms with Gasteiger partial charge in [0.15, 0.2) is 5.96 Å². The van der Waals surface area contributed by atoms with Gasteiger partial charge in [-0.15, -0.1) is 0 Å². The van der Waals surface area contributed by atoms with Crippen molar-refractivity contribution in [2.45, 2.75) is 19.3 Å². The molecule has 5 nitrogen and oxygen atoms in total. The molecule has 2 aromatic rings. The van der Waals surface area contributed by atoms with Crippen LogP contribution in [0.15, 0.2) is 65.7 Å². The van der Waals surface area contributed by atoms with Gasteiger partial charge >= 0.3 is 0 Å². The molecule has 2 atom stereocenters. The number of ether oxygens (including phenoxy) is 1. The van der Waals surface area contributed by atoms with E-state index in [-0.39, 0.29) is 0 Å². The van der Waals surface area contributed by atoms with Gasteiger partial charge in [-0.1, -0.05) is 67.6 Å². The van der Waals surface area contributed by atoms with Crippen molar-refractivity contribution < 1.29 is 8.95 Å². The van der Waals surface area contributed by atoms with Crippen LogP contribution in [0.2, 0.25) is 0 Å². The Morgan fingerprint density at radius 1 is 1.04 bits per heavy atom. The summed E-state index contributed by atoms with van der Waals surface area (Å²) in [4.78, 5) is 4.22. The lowest BCUT2D eigenvalue weighted by Gasteiger charge is -2.16. The standard InChI is InChI=1S/C22H31N3O2S/c1-19(16-27-17-20-9-5-3-6-10-20)15-25-22(23-2)24-13-14-28(26)18-21-11-7-4-8-12-21/h3-12,19H,13-18H2,1-2H3,(H2,23,24,25). The number of hydrogen-bond acceptors (Lipinski definition) is 3. The summed E-state index contributed by atoms with van der Waals surface area (Å²) in [7, 11) is 0.853. The zero-order chi connectivity index (χ0) is 20.0. The molecular weight excluding hydrogens is 370 g/mol. The fourth-order valence-electron chi connectivity index (χ4n) is 2.62. The molecule has 0 saturated heterocycles. The van der Waals surface area contributed by atoms with Gasteiger partial charge in [0, 0.05) is 42.4 Å². The van der Waals surface area contributed by atoms with Crippen molar-refractivity contribution >= 4 is 16.8 Å². The first-order valence-electron chi connectivity index (χ1n) is 9.62. The third-order valence-corrected chi connectivity index (χ3v) is 5.46. The summed E-state index contributed by atoms with van der Waals surface area (Å²) in [5.74, 6) is 2.26. The summed E-state index contributed by atoms with van der Waals surface area (Å²) >= 11 is 0. The van der Waals surface area contributed by atoms with Gasteiger partial charge in [-0.25, -0.2) is 0 Å². The molecule has 0 amide bonds. The lowest BCUT2D eigenvalue weighted by molar-refractivity contribution is 0.0931. The first-order valence-corrected chi connectivity index (χ1v) is 11.1. The number of guanidine groups is 1. The zero-order valence-electron chi connectivity index (χ0n) is 16.8. The Morgan fingerprint density at radius 3 is 2.32 bits per heavy atom. The molecule has 2 rings (SSSR count). The van der Waals surface area contributed by atoms with E-state index in [1.807, 2.05) is 48.5 Å². The summed E-state index contributed by atoms with van der Waals surface area (Å²) in [6.07, 6.45) is 0. The van der Waals surface area contributed by atoms with Gasteiger partial charge in [0.25, 0.3) is 0 Å². The molecule has 0 saturated carbocycles. The highest BCUT2D eigenvalue weighted by Crippen LogP contribution is 2.03. The van der Waals surface area contributed by atoms with E-state index >= 15 is 0 Å².